The molecule has 3 N–H and O–H groups in total. The minimum atomic E-state index is -0.141. The molecule has 92 valence electrons. The van der Waals surface area contributed by atoms with Crippen LogP contribution in [0.1, 0.15) is 11.9 Å². The maximum Gasteiger partial charge on any atom is 0.172 e. The number of anilines is 1. The summed E-state index contributed by atoms with van der Waals surface area (Å²) in [6.07, 6.45) is 1.53. The van der Waals surface area contributed by atoms with Crippen molar-refractivity contribution in [2.45, 2.75) is 11.0 Å². The molecule has 0 fully saturated rings. The fourth-order valence-corrected chi connectivity index (χ4v) is 2.74. The van der Waals surface area contributed by atoms with Crippen molar-refractivity contribution in [3.63, 3.8) is 0 Å². The van der Waals surface area contributed by atoms with Crippen LogP contribution in [0.3, 0.4) is 0 Å². The number of para-hydroxylation sites is 1. The van der Waals surface area contributed by atoms with Crippen LogP contribution >= 0.6 is 11.8 Å². The first kappa shape index (κ1) is 11.3. The van der Waals surface area contributed by atoms with Gasteiger partial charge in [-0.1, -0.05) is 12.1 Å². The number of hydrazine groups is 1. The number of benzene rings is 1. The Hall–Kier alpha value is -1.79. The van der Waals surface area contributed by atoms with Crippen molar-refractivity contribution in [1.29, 1.82) is 0 Å². The molecule has 1 aliphatic heterocycles. The molecule has 5 nitrogen and oxygen atoms in total. The van der Waals surface area contributed by atoms with Gasteiger partial charge in [0.05, 0.1) is 0 Å². The standard InChI is InChI=1S/C12H12N4OS/c13-16-11-5-6-14-12(15-11)9-7-18-10-4-2-1-3-8(10)17-9/h1-6,9H,7,13H2,(H,14,15,16). The third kappa shape index (κ3) is 2.12. The van der Waals surface area contributed by atoms with E-state index >= 15 is 0 Å². The molecule has 1 aromatic heterocycles. The highest BCUT2D eigenvalue weighted by atomic mass is 32.2. The Balaban J connectivity index is 1.87. The summed E-state index contributed by atoms with van der Waals surface area (Å²) in [5.41, 5.74) is 2.51. The van der Waals surface area contributed by atoms with Gasteiger partial charge in [0.2, 0.25) is 0 Å². The van der Waals surface area contributed by atoms with Crippen LogP contribution in [0.25, 0.3) is 0 Å². The molecule has 1 aromatic carbocycles. The number of nitrogens with two attached hydrogens (primary N) is 1. The van der Waals surface area contributed by atoms with Crippen LogP contribution in [0, 0.1) is 0 Å². The number of nitrogens with one attached hydrogen (secondary N) is 1. The number of hydrogen-bond acceptors (Lipinski definition) is 6. The molecule has 3 rings (SSSR count). The minimum Gasteiger partial charge on any atom is -0.480 e. The van der Waals surface area contributed by atoms with Gasteiger partial charge in [0.25, 0.3) is 0 Å². The minimum absolute atomic E-state index is 0.141. The normalized spacial score (nSPS) is 17.7. The second-order valence-corrected chi connectivity index (χ2v) is 4.87. The van der Waals surface area contributed by atoms with Gasteiger partial charge in [-0.15, -0.1) is 11.8 Å². The van der Waals surface area contributed by atoms with Crippen molar-refractivity contribution in [3.05, 3.63) is 42.4 Å². The molecule has 1 unspecified atom stereocenters. The van der Waals surface area contributed by atoms with Gasteiger partial charge in [-0.2, -0.15) is 0 Å². The molecule has 0 spiro atoms. The first-order valence-electron chi connectivity index (χ1n) is 5.55. The number of fused-ring (bicyclic) bond motifs is 1. The van der Waals surface area contributed by atoms with Crippen LogP contribution in [0.2, 0.25) is 0 Å². The van der Waals surface area contributed by atoms with E-state index < -0.39 is 0 Å². The molecule has 2 aromatic rings. The monoisotopic (exact) mass is 260 g/mol. The van der Waals surface area contributed by atoms with E-state index in [2.05, 4.69) is 21.5 Å². The van der Waals surface area contributed by atoms with Gasteiger partial charge in [0.1, 0.15) is 11.6 Å². The third-order valence-electron chi connectivity index (χ3n) is 2.62. The molecule has 0 radical (unpaired) electrons. The molecule has 0 amide bonds. The predicted octanol–water partition coefficient (Wildman–Crippen LogP) is 1.99. The van der Waals surface area contributed by atoms with Gasteiger partial charge in [0.15, 0.2) is 11.9 Å². The van der Waals surface area contributed by atoms with Crippen LogP contribution in [0.15, 0.2) is 41.4 Å². The zero-order valence-corrected chi connectivity index (χ0v) is 10.4. The summed E-state index contributed by atoms with van der Waals surface area (Å²) in [6, 6.07) is 9.69. The van der Waals surface area contributed by atoms with E-state index in [4.69, 9.17) is 10.6 Å². The summed E-state index contributed by atoms with van der Waals surface area (Å²) < 4.78 is 5.90. The van der Waals surface area contributed by atoms with Crippen LogP contribution in [0.4, 0.5) is 5.82 Å². The molecule has 1 atom stereocenters. The number of ether oxygens (including phenoxy) is 1. The Labute approximate surface area is 109 Å². The fourth-order valence-electron chi connectivity index (χ4n) is 1.76. The topological polar surface area (TPSA) is 73.1 Å². The fraction of sp³-hybridized carbons (Fsp3) is 0.167. The summed E-state index contributed by atoms with van der Waals surface area (Å²) in [5.74, 6) is 8.25. The van der Waals surface area contributed by atoms with Crippen molar-refractivity contribution >= 4 is 17.6 Å². The molecule has 6 heteroatoms. The van der Waals surface area contributed by atoms with Gasteiger partial charge in [-0.05, 0) is 12.1 Å². The smallest absolute Gasteiger partial charge is 0.172 e. The van der Waals surface area contributed by atoms with Gasteiger partial charge >= 0.3 is 0 Å². The van der Waals surface area contributed by atoms with Crippen molar-refractivity contribution in [1.82, 2.24) is 9.97 Å². The summed E-state index contributed by atoms with van der Waals surface area (Å²) in [7, 11) is 0. The molecule has 0 aliphatic carbocycles. The molecule has 0 bridgehead atoms. The number of aromatic nitrogens is 2. The number of nitrogens with zero attached hydrogens (tertiary/aromatic N) is 2. The Morgan fingerprint density at radius 3 is 3.11 bits per heavy atom. The molecule has 2 heterocycles. The van der Waals surface area contributed by atoms with Crippen LogP contribution < -0.4 is 16.0 Å². The lowest BCUT2D eigenvalue weighted by atomic mass is 10.3. The lowest BCUT2D eigenvalue weighted by molar-refractivity contribution is 0.210. The van der Waals surface area contributed by atoms with E-state index in [0.717, 1.165) is 16.4 Å². The maximum atomic E-state index is 5.90. The number of thioether (sulfide) groups is 1. The highest BCUT2D eigenvalue weighted by molar-refractivity contribution is 7.99. The van der Waals surface area contributed by atoms with E-state index in [1.54, 1.807) is 24.0 Å². The predicted molar refractivity (Wildman–Crippen MR) is 70.4 cm³/mol. The Bertz CT molecular complexity index is 563. The molecule has 0 saturated heterocycles. The molecular formula is C12H12N4OS. The number of nitrogen functional groups attached to an aromatic ring is 1. The maximum absolute atomic E-state index is 5.90. The van der Waals surface area contributed by atoms with E-state index in [0.29, 0.717) is 11.6 Å². The molecule has 1 aliphatic rings. The second kappa shape index (κ2) is 4.83. The van der Waals surface area contributed by atoms with Gasteiger partial charge in [-0.25, -0.2) is 15.8 Å². The second-order valence-electron chi connectivity index (χ2n) is 3.81. The van der Waals surface area contributed by atoms with Crippen LogP contribution in [-0.4, -0.2) is 15.7 Å². The van der Waals surface area contributed by atoms with Crippen molar-refractivity contribution in [2.24, 2.45) is 5.84 Å². The van der Waals surface area contributed by atoms with Crippen molar-refractivity contribution < 1.29 is 4.74 Å². The zero-order valence-electron chi connectivity index (χ0n) is 9.54. The lowest BCUT2D eigenvalue weighted by Crippen LogP contribution is -2.19. The van der Waals surface area contributed by atoms with E-state index in [9.17, 15) is 0 Å². The van der Waals surface area contributed by atoms with E-state index in [-0.39, 0.29) is 6.10 Å². The summed E-state index contributed by atoms with van der Waals surface area (Å²) in [4.78, 5) is 9.70. The summed E-state index contributed by atoms with van der Waals surface area (Å²) in [6.45, 7) is 0. The first-order valence-corrected chi connectivity index (χ1v) is 6.53. The Morgan fingerprint density at radius 1 is 1.33 bits per heavy atom. The molecular weight excluding hydrogens is 248 g/mol. The average molecular weight is 260 g/mol. The van der Waals surface area contributed by atoms with Gasteiger partial charge in [0, 0.05) is 22.9 Å². The highest BCUT2D eigenvalue weighted by Gasteiger charge is 2.23. The average Bonchev–Trinajstić information content (AvgIpc) is 2.47. The van der Waals surface area contributed by atoms with Crippen LogP contribution in [-0.2, 0) is 0 Å². The molecule has 0 saturated carbocycles. The van der Waals surface area contributed by atoms with E-state index in [1.165, 1.54) is 0 Å². The van der Waals surface area contributed by atoms with E-state index in [1.807, 2.05) is 18.2 Å². The SMILES string of the molecule is NNc1ccnc(C2CSc3ccccc3O2)n1. The zero-order chi connectivity index (χ0) is 12.4. The largest absolute Gasteiger partial charge is 0.480 e. The van der Waals surface area contributed by atoms with Gasteiger partial charge in [-0.3, -0.25) is 0 Å². The Morgan fingerprint density at radius 2 is 2.22 bits per heavy atom. The van der Waals surface area contributed by atoms with Crippen molar-refractivity contribution in [3.8, 4) is 5.75 Å². The Kier molecular flexibility index (Phi) is 3.04. The number of hydrogen-bond donors (Lipinski definition) is 2. The molecule has 18 heavy (non-hydrogen) atoms. The quantitative estimate of drug-likeness (QED) is 0.635. The first-order chi connectivity index (χ1) is 8.86. The van der Waals surface area contributed by atoms with Crippen molar-refractivity contribution in [2.75, 3.05) is 11.2 Å². The van der Waals surface area contributed by atoms with Gasteiger partial charge < -0.3 is 10.2 Å². The number of rotatable bonds is 2. The van der Waals surface area contributed by atoms with Crippen LogP contribution in [0.5, 0.6) is 5.75 Å². The summed E-state index contributed by atoms with van der Waals surface area (Å²) >= 11 is 1.75. The highest BCUT2D eigenvalue weighted by Crippen LogP contribution is 2.39. The third-order valence-corrected chi connectivity index (χ3v) is 3.74. The lowest BCUT2D eigenvalue weighted by Gasteiger charge is -2.24. The summed E-state index contributed by atoms with van der Waals surface area (Å²) in [5, 5.41) is 0.